The van der Waals surface area contributed by atoms with E-state index in [2.05, 4.69) is 10.3 Å². The number of aliphatic carboxylic acids is 1. The Bertz CT molecular complexity index is 711. The maximum Gasteiger partial charge on any atom is 0.416 e. The number of carboxylic acids is 1. The van der Waals surface area contributed by atoms with Crippen LogP contribution in [0.1, 0.15) is 11.3 Å². The predicted molar refractivity (Wildman–Crippen MR) is 76.9 cm³/mol. The van der Waals surface area contributed by atoms with Gasteiger partial charge in [-0.05, 0) is 12.1 Å². The van der Waals surface area contributed by atoms with Gasteiger partial charge in [-0.3, -0.25) is 9.59 Å². The predicted octanol–water partition coefficient (Wildman–Crippen LogP) is 2.57. The van der Waals surface area contributed by atoms with Gasteiger partial charge < -0.3 is 10.4 Å². The highest BCUT2D eigenvalue weighted by Gasteiger charge is 2.30. The van der Waals surface area contributed by atoms with Crippen LogP contribution >= 0.6 is 11.3 Å². The molecule has 2 aromatic rings. The lowest BCUT2D eigenvalue weighted by Crippen LogP contribution is -2.30. The lowest BCUT2D eigenvalue weighted by Gasteiger charge is -2.06. The van der Waals surface area contributed by atoms with Gasteiger partial charge in [0.25, 0.3) is 0 Å². The lowest BCUT2D eigenvalue weighted by atomic mass is 10.1. The Morgan fingerprint density at radius 2 is 1.87 bits per heavy atom. The standard InChI is InChI=1S/C14H11F3N2O3S/c15-14(16,17)9-3-1-8(2-4-9)13-19-10(7-23-13)5-11(20)18-6-12(21)22/h1-4,7H,5-6H2,(H,18,20)(H,21,22). The number of thiazole rings is 1. The van der Waals surface area contributed by atoms with Crippen LogP contribution in [0.2, 0.25) is 0 Å². The topological polar surface area (TPSA) is 79.3 Å². The van der Waals surface area contributed by atoms with Crippen LogP contribution in [0, 0.1) is 0 Å². The largest absolute Gasteiger partial charge is 0.480 e. The van der Waals surface area contributed by atoms with Crippen molar-refractivity contribution in [1.82, 2.24) is 10.3 Å². The van der Waals surface area contributed by atoms with E-state index in [0.717, 1.165) is 12.1 Å². The Kier molecular flexibility index (Phi) is 4.99. The number of carboxylic acid groups (broad SMARTS) is 1. The van der Waals surface area contributed by atoms with Crippen LogP contribution in [0.3, 0.4) is 0 Å². The van der Waals surface area contributed by atoms with Crippen LogP contribution in [-0.2, 0) is 22.2 Å². The smallest absolute Gasteiger partial charge is 0.416 e. The van der Waals surface area contributed by atoms with E-state index in [0.29, 0.717) is 16.3 Å². The quantitative estimate of drug-likeness (QED) is 0.874. The maximum atomic E-state index is 12.5. The van der Waals surface area contributed by atoms with Crippen molar-refractivity contribution in [2.45, 2.75) is 12.6 Å². The van der Waals surface area contributed by atoms with Gasteiger partial charge in [-0.25, -0.2) is 4.98 Å². The van der Waals surface area contributed by atoms with Crippen LogP contribution < -0.4 is 5.32 Å². The van der Waals surface area contributed by atoms with Crippen molar-refractivity contribution in [3.8, 4) is 10.6 Å². The zero-order valence-corrected chi connectivity index (χ0v) is 12.4. The first kappa shape index (κ1) is 16.9. The zero-order valence-electron chi connectivity index (χ0n) is 11.6. The third-order valence-corrected chi connectivity index (χ3v) is 3.73. The summed E-state index contributed by atoms with van der Waals surface area (Å²) in [6, 6.07) is 4.57. The molecular formula is C14H11F3N2O3S. The fourth-order valence-electron chi connectivity index (χ4n) is 1.72. The summed E-state index contributed by atoms with van der Waals surface area (Å²) < 4.78 is 37.5. The normalized spacial score (nSPS) is 11.3. The maximum absolute atomic E-state index is 12.5. The number of benzene rings is 1. The number of carbonyl (C=O) groups is 2. The second kappa shape index (κ2) is 6.78. The van der Waals surface area contributed by atoms with Gasteiger partial charge in [0.15, 0.2) is 0 Å². The van der Waals surface area contributed by atoms with Crippen molar-refractivity contribution < 1.29 is 27.9 Å². The Hall–Kier alpha value is -2.42. The minimum absolute atomic E-state index is 0.0928. The van der Waals surface area contributed by atoms with E-state index < -0.39 is 30.2 Å². The van der Waals surface area contributed by atoms with E-state index in [9.17, 15) is 22.8 Å². The molecule has 0 bridgehead atoms. The summed E-state index contributed by atoms with van der Waals surface area (Å²) in [4.78, 5) is 26.0. The number of alkyl halides is 3. The Labute approximate surface area is 132 Å². The molecule has 0 spiro atoms. The van der Waals surface area contributed by atoms with E-state index >= 15 is 0 Å². The highest BCUT2D eigenvalue weighted by Crippen LogP contribution is 2.31. The molecule has 9 heteroatoms. The lowest BCUT2D eigenvalue weighted by molar-refractivity contribution is -0.138. The molecule has 2 N–H and O–H groups in total. The van der Waals surface area contributed by atoms with E-state index in [4.69, 9.17) is 5.11 Å². The molecule has 5 nitrogen and oxygen atoms in total. The number of nitrogens with zero attached hydrogens (tertiary/aromatic N) is 1. The monoisotopic (exact) mass is 344 g/mol. The summed E-state index contributed by atoms with van der Waals surface area (Å²) in [5.74, 6) is -1.64. The molecule has 0 fully saturated rings. The average Bonchev–Trinajstić information content (AvgIpc) is 2.93. The first-order valence-corrected chi connectivity index (χ1v) is 7.24. The SMILES string of the molecule is O=C(O)CNC(=O)Cc1csc(-c2ccc(C(F)(F)F)cc2)n1. The first-order chi connectivity index (χ1) is 10.8. The molecule has 1 aromatic heterocycles. The van der Waals surface area contributed by atoms with Gasteiger partial charge in [0.1, 0.15) is 11.6 Å². The molecule has 1 heterocycles. The molecule has 0 radical (unpaired) electrons. The number of hydrogen-bond donors (Lipinski definition) is 2. The van der Waals surface area contributed by atoms with Gasteiger partial charge in [0, 0.05) is 10.9 Å². The van der Waals surface area contributed by atoms with Gasteiger partial charge in [-0.15, -0.1) is 11.3 Å². The Morgan fingerprint density at radius 3 is 2.43 bits per heavy atom. The molecule has 2 rings (SSSR count). The van der Waals surface area contributed by atoms with Crippen molar-refractivity contribution in [3.63, 3.8) is 0 Å². The van der Waals surface area contributed by atoms with Crippen molar-refractivity contribution >= 4 is 23.2 Å². The van der Waals surface area contributed by atoms with E-state index in [-0.39, 0.29) is 6.42 Å². The molecule has 122 valence electrons. The van der Waals surface area contributed by atoms with Crippen molar-refractivity contribution in [2.75, 3.05) is 6.54 Å². The third-order valence-electron chi connectivity index (χ3n) is 2.79. The molecule has 1 amide bonds. The summed E-state index contributed by atoms with van der Waals surface area (Å²) >= 11 is 1.19. The van der Waals surface area contributed by atoms with Gasteiger partial charge in [0.2, 0.25) is 5.91 Å². The molecule has 0 aliphatic heterocycles. The fourth-order valence-corrected chi connectivity index (χ4v) is 2.55. The van der Waals surface area contributed by atoms with Crippen LogP contribution in [0.4, 0.5) is 13.2 Å². The van der Waals surface area contributed by atoms with Crippen molar-refractivity contribution in [2.24, 2.45) is 0 Å². The van der Waals surface area contributed by atoms with E-state index in [1.54, 1.807) is 5.38 Å². The molecule has 0 saturated heterocycles. The second-order valence-corrected chi connectivity index (χ2v) is 5.42. The number of rotatable bonds is 5. The summed E-state index contributed by atoms with van der Waals surface area (Å²) in [6.45, 7) is -0.477. The highest BCUT2D eigenvalue weighted by atomic mass is 32.1. The molecule has 1 aromatic carbocycles. The fraction of sp³-hybridized carbons (Fsp3) is 0.214. The summed E-state index contributed by atoms with van der Waals surface area (Å²) in [5.41, 5.74) is 0.194. The molecule has 0 saturated carbocycles. The molecule has 0 atom stereocenters. The third kappa shape index (κ3) is 4.78. The van der Waals surface area contributed by atoms with Gasteiger partial charge >= 0.3 is 12.1 Å². The minimum Gasteiger partial charge on any atom is -0.480 e. The number of amides is 1. The van der Waals surface area contributed by atoms with E-state index in [1.165, 1.54) is 23.5 Å². The number of halogens is 3. The average molecular weight is 344 g/mol. The van der Waals surface area contributed by atoms with Gasteiger partial charge in [-0.1, -0.05) is 12.1 Å². The zero-order chi connectivity index (χ0) is 17.0. The van der Waals surface area contributed by atoms with Gasteiger partial charge in [0.05, 0.1) is 17.7 Å². The first-order valence-electron chi connectivity index (χ1n) is 6.36. The summed E-state index contributed by atoms with van der Waals surface area (Å²) in [7, 11) is 0. The number of carbonyl (C=O) groups excluding carboxylic acids is 1. The minimum atomic E-state index is -4.39. The van der Waals surface area contributed by atoms with Crippen LogP contribution in [-0.4, -0.2) is 28.5 Å². The van der Waals surface area contributed by atoms with Crippen LogP contribution in [0.15, 0.2) is 29.6 Å². The van der Waals surface area contributed by atoms with Crippen molar-refractivity contribution in [1.29, 1.82) is 0 Å². The molecule has 0 aliphatic rings. The second-order valence-electron chi connectivity index (χ2n) is 4.57. The molecule has 0 unspecified atom stereocenters. The highest BCUT2D eigenvalue weighted by molar-refractivity contribution is 7.13. The molecule has 0 aliphatic carbocycles. The number of aromatic nitrogens is 1. The Morgan fingerprint density at radius 1 is 1.22 bits per heavy atom. The van der Waals surface area contributed by atoms with Crippen molar-refractivity contribution in [3.05, 3.63) is 40.9 Å². The van der Waals surface area contributed by atoms with Crippen LogP contribution in [0.25, 0.3) is 10.6 Å². The van der Waals surface area contributed by atoms with E-state index in [1.807, 2.05) is 0 Å². The molecule has 23 heavy (non-hydrogen) atoms. The Balaban J connectivity index is 2.04. The number of nitrogens with one attached hydrogen (secondary N) is 1. The molecular weight excluding hydrogens is 333 g/mol. The van der Waals surface area contributed by atoms with Gasteiger partial charge in [-0.2, -0.15) is 13.2 Å². The van der Waals surface area contributed by atoms with Crippen LogP contribution in [0.5, 0.6) is 0 Å². The summed E-state index contributed by atoms with van der Waals surface area (Å²) in [6.07, 6.45) is -4.49. The summed E-state index contributed by atoms with van der Waals surface area (Å²) in [5, 5.41) is 12.7. The number of hydrogen-bond acceptors (Lipinski definition) is 4.